The summed E-state index contributed by atoms with van der Waals surface area (Å²) in [4.78, 5) is 24.5. The van der Waals surface area contributed by atoms with Crippen LogP contribution in [0.15, 0.2) is 109 Å². The predicted octanol–water partition coefficient (Wildman–Crippen LogP) is 6.06. The van der Waals surface area contributed by atoms with Crippen molar-refractivity contribution >= 4 is 17.7 Å². The van der Waals surface area contributed by atoms with Crippen molar-refractivity contribution in [2.24, 2.45) is 0 Å². The number of alkyl carbamates (subject to hydrolysis) is 1. The van der Waals surface area contributed by atoms with Crippen LogP contribution in [0.2, 0.25) is 0 Å². The molecule has 1 unspecified atom stereocenters. The van der Waals surface area contributed by atoms with E-state index in [1.54, 1.807) is 0 Å². The van der Waals surface area contributed by atoms with Gasteiger partial charge in [-0.05, 0) is 34.4 Å². The molecule has 0 bridgehead atoms. The molecule has 0 heterocycles. The summed E-state index contributed by atoms with van der Waals surface area (Å²) in [6.45, 7) is 0.590. The van der Waals surface area contributed by atoms with Crippen LogP contribution >= 0.6 is 0 Å². The van der Waals surface area contributed by atoms with Crippen molar-refractivity contribution in [1.82, 2.24) is 5.32 Å². The average Bonchev–Trinajstić information content (AvgIpc) is 2.99. The van der Waals surface area contributed by atoms with Gasteiger partial charge in [-0.25, -0.2) is 4.79 Å². The number of anilines is 1. The molecule has 7 heteroatoms. The fraction of sp³-hybridized carbons (Fsp3) is 0.188. The molecule has 0 spiro atoms. The number of hydrogen-bond acceptors (Lipinski definition) is 6. The number of esters is 1. The van der Waals surface area contributed by atoms with Gasteiger partial charge >= 0.3 is 12.1 Å². The van der Waals surface area contributed by atoms with Crippen molar-refractivity contribution in [3.8, 4) is 5.75 Å². The molecule has 0 aliphatic heterocycles. The Morgan fingerprint density at radius 3 is 2.08 bits per heavy atom. The third kappa shape index (κ3) is 8.64. The largest absolute Gasteiger partial charge is 0.487 e. The number of ether oxygens (including phenoxy) is 3. The summed E-state index contributed by atoms with van der Waals surface area (Å²) >= 11 is 0. The van der Waals surface area contributed by atoms with E-state index in [1.807, 2.05) is 109 Å². The Bertz CT molecular complexity index is 1330. The first-order valence-corrected chi connectivity index (χ1v) is 12.7. The second kappa shape index (κ2) is 14.2. The van der Waals surface area contributed by atoms with E-state index in [4.69, 9.17) is 14.2 Å². The lowest BCUT2D eigenvalue weighted by molar-refractivity contribution is -0.138. The monoisotopic (exact) mass is 524 g/mol. The molecule has 0 saturated heterocycles. The van der Waals surface area contributed by atoms with E-state index in [9.17, 15) is 9.59 Å². The molecule has 0 radical (unpaired) electrons. The van der Waals surface area contributed by atoms with Gasteiger partial charge in [0.05, 0.1) is 12.8 Å². The molecule has 4 rings (SSSR count). The lowest BCUT2D eigenvalue weighted by Crippen LogP contribution is -2.26. The molecule has 4 aromatic rings. The van der Waals surface area contributed by atoms with Crippen molar-refractivity contribution in [1.29, 1.82) is 0 Å². The summed E-state index contributed by atoms with van der Waals surface area (Å²) in [5.74, 6) is 0.183. The van der Waals surface area contributed by atoms with Gasteiger partial charge in [0, 0.05) is 13.0 Å². The van der Waals surface area contributed by atoms with E-state index in [0.29, 0.717) is 24.5 Å². The Hall–Kier alpha value is -4.78. The standard InChI is InChI=1S/C32H32N2O5/c1-37-31(35)22-33-28-19-26(17-18-29(28)38-23-25-13-7-3-8-14-25)21-34-32(36)39-30(27-15-9-4-10-16-27)20-24-11-5-2-6-12-24/h2-19,30,33H,20-23H2,1H3,(H,34,36). The van der Waals surface area contributed by atoms with E-state index >= 15 is 0 Å². The maximum atomic E-state index is 12.8. The summed E-state index contributed by atoms with van der Waals surface area (Å²) < 4.78 is 16.6. The van der Waals surface area contributed by atoms with E-state index in [1.165, 1.54) is 7.11 Å². The molecule has 1 amide bonds. The van der Waals surface area contributed by atoms with Crippen molar-refractivity contribution in [3.63, 3.8) is 0 Å². The topological polar surface area (TPSA) is 85.9 Å². The highest BCUT2D eigenvalue weighted by molar-refractivity contribution is 5.76. The summed E-state index contributed by atoms with van der Waals surface area (Å²) in [5, 5.41) is 5.91. The number of amides is 1. The van der Waals surface area contributed by atoms with Crippen LogP contribution in [0.1, 0.15) is 28.4 Å². The fourth-order valence-corrected chi connectivity index (χ4v) is 3.99. The van der Waals surface area contributed by atoms with Gasteiger partial charge in [-0.2, -0.15) is 0 Å². The molecular formula is C32H32N2O5. The molecule has 0 fully saturated rings. The maximum Gasteiger partial charge on any atom is 0.408 e. The van der Waals surface area contributed by atoms with Crippen LogP contribution in [0.4, 0.5) is 10.5 Å². The van der Waals surface area contributed by atoms with Gasteiger partial charge in [-0.15, -0.1) is 0 Å². The molecule has 7 nitrogen and oxygen atoms in total. The van der Waals surface area contributed by atoms with Crippen LogP contribution in [0.5, 0.6) is 5.75 Å². The summed E-state index contributed by atoms with van der Waals surface area (Å²) in [6.07, 6.45) is -0.388. The quantitative estimate of drug-likeness (QED) is 0.219. The minimum atomic E-state index is -0.520. The SMILES string of the molecule is COC(=O)CNc1cc(CNC(=O)OC(Cc2ccccc2)c2ccccc2)ccc1OCc1ccccc1. The molecule has 4 aromatic carbocycles. The Morgan fingerprint density at radius 1 is 0.769 bits per heavy atom. The number of carbonyl (C=O) groups excluding carboxylic acids is 2. The van der Waals surface area contributed by atoms with Crippen molar-refractivity contribution < 1.29 is 23.8 Å². The smallest absolute Gasteiger partial charge is 0.408 e. The molecule has 200 valence electrons. The van der Waals surface area contributed by atoms with E-state index in [0.717, 1.165) is 22.3 Å². The second-order valence-corrected chi connectivity index (χ2v) is 8.88. The normalized spacial score (nSPS) is 11.2. The zero-order chi connectivity index (χ0) is 27.3. The number of methoxy groups -OCH3 is 1. The van der Waals surface area contributed by atoms with E-state index in [-0.39, 0.29) is 13.1 Å². The number of rotatable bonds is 12. The van der Waals surface area contributed by atoms with Crippen molar-refractivity contribution in [2.75, 3.05) is 19.0 Å². The lowest BCUT2D eigenvalue weighted by Gasteiger charge is -2.19. The van der Waals surface area contributed by atoms with Crippen LogP contribution in [-0.2, 0) is 33.8 Å². The van der Waals surface area contributed by atoms with Crippen LogP contribution in [-0.4, -0.2) is 25.7 Å². The van der Waals surface area contributed by atoms with Crippen LogP contribution < -0.4 is 15.4 Å². The molecule has 0 aliphatic carbocycles. The Morgan fingerprint density at radius 2 is 1.41 bits per heavy atom. The van der Waals surface area contributed by atoms with Gasteiger partial charge in [0.2, 0.25) is 0 Å². The molecule has 2 N–H and O–H groups in total. The molecule has 39 heavy (non-hydrogen) atoms. The zero-order valence-electron chi connectivity index (χ0n) is 21.8. The van der Waals surface area contributed by atoms with Gasteiger partial charge < -0.3 is 24.8 Å². The molecule has 0 saturated carbocycles. The van der Waals surface area contributed by atoms with Gasteiger partial charge in [0.15, 0.2) is 0 Å². The third-order valence-electron chi connectivity index (χ3n) is 6.05. The van der Waals surface area contributed by atoms with Gasteiger partial charge in [0.1, 0.15) is 25.0 Å². The highest BCUT2D eigenvalue weighted by atomic mass is 16.6. The van der Waals surface area contributed by atoms with Gasteiger partial charge in [-0.1, -0.05) is 97.1 Å². The van der Waals surface area contributed by atoms with Crippen LogP contribution in [0.3, 0.4) is 0 Å². The van der Waals surface area contributed by atoms with E-state index < -0.39 is 18.2 Å². The first-order valence-electron chi connectivity index (χ1n) is 12.7. The Balaban J connectivity index is 1.41. The molecular weight excluding hydrogens is 492 g/mol. The second-order valence-electron chi connectivity index (χ2n) is 8.88. The first-order chi connectivity index (χ1) is 19.1. The van der Waals surface area contributed by atoms with Crippen LogP contribution in [0, 0.1) is 0 Å². The summed E-state index contributed by atoms with van der Waals surface area (Å²) in [5.41, 5.74) is 4.45. The fourth-order valence-electron chi connectivity index (χ4n) is 3.99. The molecule has 0 aliphatic rings. The van der Waals surface area contributed by atoms with Crippen molar-refractivity contribution in [2.45, 2.75) is 25.7 Å². The van der Waals surface area contributed by atoms with Gasteiger partial charge in [-0.3, -0.25) is 4.79 Å². The number of hydrogen-bond donors (Lipinski definition) is 2. The lowest BCUT2D eigenvalue weighted by atomic mass is 10.0. The average molecular weight is 525 g/mol. The maximum absolute atomic E-state index is 12.8. The number of carbonyl (C=O) groups is 2. The van der Waals surface area contributed by atoms with Crippen molar-refractivity contribution in [3.05, 3.63) is 131 Å². The minimum absolute atomic E-state index is 0.0185. The van der Waals surface area contributed by atoms with Crippen LogP contribution in [0.25, 0.3) is 0 Å². The summed E-state index contributed by atoms with van der Waals surface area (Å²) in [6, 6.07) is 34.9. The Kier molecular flexibility index (Phi) is 9.95. The highest BCUT2D eigenvalue weighted by Crippen LogP contribution is 2.27. The highest BCUT2D eigenvalue weighted by Gasteiger charge is 2.18. The molecule has 0 aromatic heterocycles. The third-order valence-corrected chi connectivity index (χ3v) is 6.05. The van der Waals surface area contributed by atoms with E-state index in [2.05, 4.69) is 10.6 Å². The Labute approximate surface area is 228 Å². The van der Waals surface area contributed by atoms with Gasteiger partial charge in [0.25, 0.3) is 0 Å². The zero-order valence-corrected chi connectivity index (χ0v) is 21.8. The summed E-state index contributed by atoms with van der Waals surface area (Å²) in [7, 11) is 1.34. The first kappa shape index (κ1) is 27.3. The predicted molar refractivity (Wildman–Crippen MR) is 150 cm³/mol. The minimum Gasteiger partial charge on any atom is -0.487 e. The number of nitrogens with one attached hydrogen (secondary N) is 2. The molecule has 1 atom stereocenters. The number of benzene rings is 4.